The second kappa shape index (κ2) is 7.29. The molecule has 2 aromatic carbocycles. The minimum atomic E-state index is -3.94. The molecule has 27 heavy (non-hydrogen) atoms. The largest absolute Gasteiger partial charge is 0.477 e. The van der Waals surface area contributed by atoms with Crippen LogP contribution in [-0.4, -0.2) is 19.5 Å². The van der Waals surface area contributed by atoms with Gasteiger partial charge in [-0.05, 0) is 42.3 Å². The van der Waals surface area contributed by atoms with Gasteiger partial charge in [0.1, 0.15) is 4.88 Å². The molecule has 0 aliphatic rings. The number of rotatable bonds is 6. The molecule has 138 valence electrons. The smallest absolute Gasteiger partial charge is 0.348 e. The molecular weight excluding hydrogens is 388 g/mol. The molecule has 7 nitrogen and oxygen atoms in total. The fraction of sp³-hybridized carbons (Fsp3) is 0.0556. The zero-order valence-corrected chi connectivity index (χ0v) is 15.7. The molecule has 1 aromatic heterocycles. The van der Waals surface area contributed by atoms with Gasteiger partial charge in [-0.2, -0.15) is 0 Å². The molecule has 0 bridgehead atoms. The molecule has 0 spiro atoms. The van der Waals surface area contributed by atoms with E-state index in [4.69, 9.17) is 0 Å². The zero-order chi connectivity index (χ0) is 19.6. The first-order chi connectivity index (χ1) is 12.8. The van der Waals surface area contributed by atoms with Gasteiger partial charge in [0.2, 0.25) is 0 Å². The first-order valence-corrected chi connectivity index (χ1v) is 10.1. The maximum Gasteiger partial charge on any atom is 0.348 e. The van der Waals surface area contributed by atoms with Crippen molar-refractivity contribution in [3.8, 4) is 10.4 Å². The Kier molecular flexibility index (Phi) is 5.06. The Hall–Kier alpha value is -3.04. The van der Waals surface area contributed by atoms with Crippen LogP contribution < -0.4 is 9.90 Å². The minimum absolute atomic E-state index is 0.00298. The van der Waals surface area contributed by atoms with Crippen LogP contribution in [0.2, 0.25) is 0 Å². The van der Waals surface area contributed by atoms with Crippen LogP contribution >= 0.6 is 11.3 Å². The highest BCUT2D eigenvalue weighted by Crippen LogP contribution is 2.36. The molecule has 0 amide bonds. The Bertz CT molecular complexity index is 1120. The number of nitroso groups, excluding NO2 is 1. The van der Waals surface area contributed by atoms with E-state index in [1.54, 1.807) is 54.6 Å². The number of aryl methyl sites for hydroxylation is 1. The van der Waals surface area contributed by atoms with E-state index >= 15 is 0 Å². The van der Waals surface area contributed by atoms with Gasteiger partial charge in [0.05, 0.1) is 10.6 Å². The Morgan fingerprint density at radius 2 is 1.78 bits per heavy atom. The quantitative estimate of drug-likeness (QED) is 0.585. The average Bonchev–Trinajstić information content (AvgIpc) is 3.05. The number of aromatic carboxylic acids is 1. The predicted octanol–water partition coefficient (Wildman–Crippen LogP) is 2.70. The molecular formula is C18H15N2O5S2+. The Morgan fingerprint density at radius 1 is 1.11 bits per heavy atom. The van der Waals surface area contributed by atoms with E-state index in [0.717, 1.165) is 11.3 Å². The third-order valence-corrected chi connectivity index (χ3v) is 6.54. The van der Waals surface area contributed by atoms with Crippen molar-refractivity contribution >= 4 is 38.7 Å². The highest BCUT2D eigenvalue weighted by molar-refractivity contribution is 7.92. The highest BCUT2D eigenvalue weighted by atomic mass is 32.2. The van der Waals surface area contributed by atoms with Gasteiger partial charge in [-0.1, -0.05) is 18.2 Å². The lowest BCUT2D eigenvalue weighted by Gasteiger charge is -2.09. The van der Waals surface area contributed by atoms with Gasteiger partial charge in [0.25, 0.3) is 15.7 Å². The summed E-state index contributed by atoms with van der Waals surface area (Å²) in [6, 6.07) is 14.3. The summed E-state index contributed by atoms with van der Waals surface area (Å²) >= 11 is 0.949. The van der Waals surface area contributed by atoms with Crippen molar-refractivity contribution in [2.75, 3.05) is 4.72 Å². The molecule has 0 saturated carbocycles. The molecule has 3 N–H and O–H groups in total. The van der Waals surface area contributed by atoms with Gasteiger partial charge >= 0.3 is 5.97 Å². The van der Waals surface area contributed by atoms with E-state index in [0.29, 0.717) is 21.7 Å². The Balaban J connectivity index is 2.02. The molecule has 9 heteroatoms. The average molecular weight is 403 g/mol. The summed E-state index contributed by atoms with van der Waals surface area (Å²) in [7, 11) is -3.94. The van der Waals surface area contributed by atoms with Gasteiger partial charge in [0, 0.05) is 27.1 Å². The summed E-state index contributed by atoms with van der Waals surface area (Å²) < 4.78 is 27.7. The van der Waals surface area contributed by atoms with E-state index < -0.39 is 16.0 Å². The normalized spacial score (nSPS) is 11.1. The van der Waals surface area contributed by atoms with E-state index in [2.05, 4.69) is 4.72 Å². The third kappa shape index (κ3) is 3.88. The third-order valence-electron chi connectivity index (χ3n) is 3.84. The van der Waals surface area contributed by atoms with Crippen LogP contribution in [0.3, 0.4) is 0 Å². The maximum atomic E-state index is 12.7. The molecule has 1 heterocycles. The SMILES string of the molecule is Cc1ccccc1S(=O)(=O)Nc1cc(-c2ccc([NH+]=O)cc2)sc1C(=O)O. The summed E-state index contributed by atoms with van der Waals surface area (Å²) in [6.45, 7) is 1.66. The Morgan fingerprint density at radius 3 is 2.37 bits per heavy atom. The monoisotopic (exact) mass is 403 g/mol. The van der Waals surface area contributed by atoms with Gasteiger partial charge < -0.3 is 5.11 Å². The maximum absolute atomic E-state index is 12.7. The molecule has 0 aliphatic heterocycles. The van der Waals surface area contributed by atoms with E-state index in [1.165, 1.54) is 12.1 Å². The molecule has 0 atom stereocenters. The number of carboxylic acids is 1. The van der Waals surface area contributed by atoms with Crippen LogP contribution in [0.25, 0.3) is 10.4 Å². The highest BCUT2D eigenvalue weighted by Gasteiger charge is 2.23. The minimum Gasteiger partial charge on any atom is -0.477 e. The van der Waals surface area contributed by atoms with Crippen LogP contribution in [-0.2, 0) is 10.0 Å². The van der Waals surface area contributed by atoms with Gasteiger partial charge in [-0.3, -0.25) is 4.72 Å². The summed E-state index contributed by atoms with van der Waals surface area (Å²) in [5, 5.41) is 11.2. The molecule has 3 rings (SSSR count). The number of anilines is 1. The number of carbonyl (C=O) groups is 1. The molecule has 0 saturated heterocycles. The lowest BCUT2D eigenvalue weighted by Crippen LogP contribution is -2.55. The van der Waals surface area contributed by atoms with Crippen molar-refractivity contribution in [1.29, 1.82) is 0 Å². The number of hydrogen-bond acceptors (Lipinski definition) is 5. The fourth-order valence-corrected chi connectivity index (χ4v) is 4.86. The van der Waals surface area contributed by atoms with E-state index in [9.17, 15) is 23.2 Å². The van der Waals surface area contributed by atoms with Gasteiger partial charge in [-0.25, -0.2) is 13.2 Å². The summed E-state index contributed by atoms with van der Waals surface area (Å²) in [6.07, 6.45) is 0. The molecule has 0 aliphatic carbocycles. The predicted molar refractivity (Wildman–Crippen MR) is 103 cm³/mol. The molecule has 3 aromatic rings. The van der Waals surface area contributed by atoms with Crippen molar-refractivity contribution in [2.24, 2.45) is 0 Å². The standard InChI is InChI=1S/C18H14N2O5S2/c1-11-4-2-3-5-16(11)27(24,25)20-14-10-15(26-17(14)18(21)22)12-6-8-13(19-23)9-7-12/h2-10,20H,1H3,(H,21,22)/p+1. The number of nitrogens with one attached hydrogen (secondary N) is 2. The number of benzene rings is 2. The number of thiophene rings is 1. The van der Waals surface area contributed by atoms with Crippen molar-refractivity contribution in [3.05, 3.63) is 69.9 Å². The van der Waals surface area contributed by atoms with Crippen LogP contribution in [0.15, 0.2) is 59.5 Å². The van der Waals surface area contributed by atoms with Crippen LogP contribution in [0.5, 0.6) is 0 Å². The second-order valence-corrected chi connectivity index (χ2v) is 8.41. The number of carboxylic acid groups (broad SMARTS) is 1. The van der Waals surface area contributed by atoms with E-state index in [1.807, 2.05) is 0 Å². The van der Waals surface area contributed by atoms with Crippen molar-refractivity contribution in [2.45, 2.75) is 11.8 Å². The zero-order valence-electron chi connectivity index (χ0n) is 14.1. The lowest BCUT2D eigenvalue weighted by molar-refractivity contribution is -0.379. The first kappa shape index (κ1) is 18.7. The summed E-state index contributed by atoms with van der Waals surface area (Å²) in [4.78, 5) is 22.8. The topological polar surface area (TPSA) is 115 Å². The van der Waals surface area contributed by atoms with Crippen LogP contribution in [0, 0.1) is 11.8 Å². The Labute approximate surface area is 159 Å². The van der Waals surface area contributed by atoms with Crippen molar-refractivity contribution in [1.82, 2.24) is 0 Å². The number of sulfonamides is 1. The summed E-state index contributed by atoms with van der Waals surface area (Å²) in [5.41, 5.74) is 1.59. The first-order valence-electron chi connectivity index (χ1n) is 7.76. The fourth-order valence-electron chi connectivity index (χ4n) is 2.53. The van der Waals surface area contributed by atoms with E-state index in [-0.39, 0.29) is 15.5 Å². The van der Waals surface area contributed by atoms with Crippen LogP contribution in [0.1, 0.15) is 15.2 Å². The molecule has 0 unspecified atom stereocenters. The molecule has 0 fully saturated rings. The lowest BCUT2D eigenvalue weighted by atomic mass is 10.1. The second-order valence-electron chi connectivity index (χ2n) is 5.71. The summed E-state index contributed by atoms with van der Waals surface area (Å²) in [5.74, 6) is -1.23. The molecule has 0 radical (unpaired) electrons. The van der Waals surface area contributed by atoms with Crippen LogP contribution in [0.4, 0.5) is 11.4 Å². The number of hydrogen-bond donors (Lipinski definition) is 3. The van der Waals surface area contributed by atoms with Gasteiger partial charge in [0.15, 0.2) is 0 Å². The van der Waals surface area contributed by atoms with Crippen molar-refractivity contribution in [3.63, 3.8) is 0 Å². The van der Waals surface area contributed by atoms with Gasteiger partial charge in [-0.15, -0.1) is 11.3 Å². The van der Waals surface area contributed by atoms with Crippen molar-refractivity contribution < 1.29 is 23.5 Å².